The molecule has 0 unspecified atom stereocenters. The zero-order valence-electron chi connectivity index (χ0n) is 7.81. The van der Waals surface area contributed by atoms with Gasteiger partial charge in [0.15, 0.2) is 0 Å². The molecule has 0 saturated heterocycles. The predicted octanol–water partition coefficient (Wildman–Crippen LogP) is 2.44. The minimum Gasteiger partial charge on any atom is -0.481 e. The average Bonchev–Trinajstić information content (AvgIpc) is 1.96. The number of carboxylic acid groups (broad SMARTS) is 1. The second kappa shape index (κ2) is 11.3. The number of aliphatic carboxylic acids is 1. The van der Waals surface area contributed by atoms with Crippen LogP contribution in [0.4, 0.5) is 0 Å². The zero-order chi connectivity index (χ0) is 8.53. The first-order valence-corrected chi connectivity index (χ1v) is 4.49. The van der Waals surface area contributed by atoms with E-state index >= 15 is 0 Å². The zero-order valence-corrected chi connectivity index (χ0v) is 10.7. The molecule has 0 aromatic carbocycles. The Morgan fingerprint density at radius 2 is 1.58 bits per heavy atom. The first-order chi connectivity index (χ1) is 5.27. The molecule has 0 heterocycles. The summed E-state index contributed by atoms with van der Waals surface area (Å²) in [6.07, 6.45) is 7.25. The van der Waals surface area contributed by atoms with Crippen molar-refractivity contribution in [2.24, 2.45) is 0 Å². The molecule has 3 heteroatoms. The van der Waals surface area contributed by atoms with Crippen molar-refractivity contribution in [2.75, 3.05) is 0 Å². The SMILES string of the molecule is CCCCCCCCC(=O)O.[Sn]. The van der Waals surface area contributed by atoms with Gasteiger partial charge in [0.05, 0.1) is 0 Å². The summed E-state index contributed by atoms with van der Waals surface area (Å²) in [7, 11) is 0. The van der Waals surface area contributed by atoms with E-state index in [1.54, 1.807) is 0 Å². The first-order valence-electron chi connectivity index (χ1n) is 4.49. The molecular formula is C9H18O2Sn. The molecule has 0 aliphatic heterocycles. The van der Waals surface area contributed by atoms with Gasteiger partial charge in [0.1, 0.15) is 0 Å². The minimum absolute atomic E-state index is 0. The summed E-state index contributed by atoms with van der Waals surface area (Å²) >= 11 is 0. The fraction of sp³-hybridized carbons (Fsp3) is 0.889. The summed E-state index contributed by atoms with van der Waals surface area (Å²) in [4.78, 5) is 10.1. The van der Waals surface area contributed by atoms with Crippen LogP contribution in [-0.4, -0.2) is 35.0 Å². The molecule has 0 bridgehead atoms. The van der Waals surface area contributed by atoms with Gasteiger partial charge in [0, 0.05) is 30.3 Å². The van der Waals surface area contributed by atoms with E-state index in [1.165, 1.54) is 25.7 Å². The number of rotatable bonds is 7. The van der Waals surface area contributed by atoms with Crippen molar-refractivity contribution in [2.45, 2.75) is 51.9 Å². The van der Waals surface area contributed by atoms with E-state index in [0.29, 0.717) is 6.42 Å². The van der Waals surface area contributed by atoms with Crippen LogP contribution in [0.15, 0.2) is 0 Å². The Balaban J connectivity index is 0. The molecule has 70 valence electrons. The number of hydrogen-bond acceptors (Lipinski definition) is 1. The van der Waals surface area contributed by atoms with E-state index in [-0.39, 0.29) is 23.9 Å². The van der Waals surface area contributed by atoms with Crippen molar-refractivity contribution < 1.29 is 9.90 Å². The third-order valence-electron chi connectivity index (χ3n) is 1.74. The third kappa shape index (κ3) is 12.9. The first kappa shape index (κ1) is 14.8. The van der Waals surface area contributed by atoms with Gasteiger partial charge in [-0.2, -0.15) is 0 Å². The van der Waals surface area contributed by atoms with Crippen LogP contribution in [0.3, 0.4) is 0 Å². The second-order valence-electron chi connectivity index (χ2n) is 2.91. The molecule has 2 nitrogen and oxygen atoms in total. The van der Waals surface area contributed by atoms with Gasteiger partial charge in [-0.1, -0.05) is 39.0 Å². The number of carboxylic acids is 1. The van der Waals surface area contributed by atoms with Crippen LogP contribution >= 0.6 is 0 Å². The van der Waals surface area contributed by atoms with E-state index < -0.39 is 5.97 Å². The Hall–Kier alpha value is 0.269. The van der Waals surface area contributed by atoms with E-state index in [9.17, 15) is 4.79 Å². The van der Waals surface area contributed by atoms with Crippen molar-refractivity contribution in [1.29, 1.82) is 0 Å². The molecule has 0 aliphatic rings. The Morgan fingerprint density at radius 1 is 1.08 bits per heavy atom. The van der Waals surface area contributed by atoms with Crippen LogP contribution < -0.4 is 0 Å². The molecule has 0 atom stereocenters. The largest absolute Gasteiger partial charge is 0.481 e. The van der Waals surface area contributed by atoms with Gasteiger partial charge in [0.25, 0.3) is 0 Å². The van der Waals surface area contributed by atoms with Gasteiger partial charge in [-0.05, 0) is 6.42 Å². The molecule has 0 saturated carbocycles. The number of carbonyl (C=O) groups is 1. The molecule has 0 aromatic rings. The molecule has 0 spiro atoms. The molecule has 0 fully saturated rings. The topological polar surface area (TPSA) is 37.3 Å². The maximum atomic E-state index is 10.1. The minimum atomic E-state index is -0.666. The van der Waals surface area contributed by atoms with Crippen LogP contribution in [0, 0.1) is 0 Å². The Morgan fingerprint density at radius 3 is 2.08 bits per heavy atom. The smallest absolute Gasteiger partial charge is 0.303 e. The molecule has 0 aliphatic carbocycles. The van der Waals surface area contributed by atoms with Crippen molar-refractivity contribution >= 4 is 29.9 Å². The summed E-state index contributed by atoms with van der Waals surface area (Å²) < 4.78 is 0. The van der Waals surface area contributed by atoms with Crippen molar-refractivity contribution in [3.8, 4) is 0 Å². The summed E-state index contributed by atoms with van der Waals surface area (Å²) in [6, 6.07) is 0. The standard InChI is InChI=1S/C9H18O2.Sn/c1-2-3-4-5-6-7-8-9(10)11;/h2-8H2,1H3,(H,10,11);. The molecule has 1 N–H and O–H groups in total. The average molecular weight is 277 g/mol. The fourth-order valence-electron chi connectivity index (χ4n) is 1.06. The van der Waals surface area contributed by atoms with Gasteiger partial charge in [-0.25, -0.2) is 0 Å². The van der Waals surface area contributed by atoms with Gasteiger partial charge >= 0.3 is 5.97 Å². The van der Waals surface area contributed by atoms with Gasteiger partial charge in [-0.3, -0.25) is 4.79 Å². The van der Waals surface area contributed by atoms with Crippen LogP contribution in [0.5, 0.6) is 0 Å². The Bertz CT molecular complexity index is 105. The number of unbranched alkanes of at least 4 members (excludes halogenated alkanes) is 5. The van der Waals surface area contributed by atoms with E-state index in [4.69, 9.17) is 5.11 Å². The molecule has 0 rings (SSSR count). The summed E-state index contributed by atoms with van der Waals surface area (Å²) in [6.45, 7) is 2.18. The quantitative estimate of drug-likeness (QED) is 0.573. The van der Waals surface area contributed by atoms with Crippen LogP contribution in [0.25, 0.3) is 0 Å². The normalized spacial score (nSPS) is 9.08. The van der Waals surface area contributed by atoms with Crippen molar-refractivity contribution in [3.63, 3.8) is 0 Å². The third-order valence-corrected chi connectivity index (χ3v) is 1.74. The maximum absolute atomic E-state index is 10.1. The number of hydrogen-bond donors (Lipinski definition) is 1. The van der Waals surface area contributed by atoms with Crippen LogP contribution in [-0.2, 0) is 4.79 Å². The molecule has 0 aromatic heterocycles. The Labute approximate surface area is 91.7 Å². The summed E-state index contributed by atoms with van der Waals surface area (Å²) in [5.41, 5.74) is 0. The second-order valence-corrected chi connectivity index (χ2v) is 2.91. The summed E-state index contributed by atoms with van der Waals surface area (Å²) in [5.74, 6) is -0.666. The van der Waals surface area contributed by atoms with Gasteiger partial charge < -0.3 is 5.11 Å². The predicted molar refractivity (Wildman–Crippen MR) is 51.4 cm³/mol. The van der Waals surface area contributed by atoms with Crippen LogP contribution in [0.1, 0.15) is 51.9 Å². The van der Waals surface area contributed by atoms with Crippen molar-refractivity contribution in [1.82, 2.24) is 0 Å². The molecular weight excluding hydrogens is 259 g/mol. The van der Waals surface area contributed by atoms with E-state index in [0.717, 1.165) is 12.8 Å². The van der Waals surface area contributed by atoms with E-state index in [2.05, 4.69) is 6.92 Å². The van der Waals surface area contributed by atoms with Gasteiger partial charge in [-0.15, -0.1) is 0 Å². The van der Waals surface area contributed by atoms with Crippen LogP contribution in [0.2, 0.25) is 0 Å². The summed E-state index contributed by atoms with van der Waals surface area (Å²) in [5, 5.41) is 8.32. The fourth-order valence-corrected chi connectivity index (χ4v) is 1.06. The molecule has 12 heavy (non-hydrogen) atoms. The molecule has 4 radical (unpaired) electrons. The maximum Gasteiger partial charge on any atom is 0.303 e. The van der Waals surface area contributed by atoms with Crippen molar-refractivity contribution in [3.05, 3.63) is 0 Å². The van der Waals surface area contributed by atoms with E-state index in [1.807, 2.05) is 0 Å². The monoisotopic (exact) mass is 278 g/mol. The Kier molecular flexibility index (Phi) is 13.9. The molecule has 0 amide bonds. The van der Waals surface area contributed by atoms with Gasteiger partial charge in [0.2, 0.25) is 0 Å².